The van der Waals surface area contributed by atoms with E-state index >= 15 is 0 Å². The second-order valence-electron chi connectivity index (χ2n) is 7.80. The van der Waals surface area contributed by atoms with Gasteiger partial charge in [0.05, 0.1) is 34.8 Å². The Hall–Kier alpha value is -2.82. The van der Waals surface area contributed by atoms with E-state index in [1.807, 2.05) is 24.3 Å². The van der Waals surface area contributed by atoms with Crippen LogP contribution in [0.2, 0.25) is 0 Å². The van der Waals surface area contributed by atoms with Crippen molar-refractivity contribution in [3.63, 3.8) is 0 Å². The van der Waals surface area contributed by atoms with Crippen LogP contribution in [0, 0.1) is 13.8 Å². The minimum absolute atomic E-state index is 0.104. The van der Waals surface area contributed by atoms with Gasteiger partial charge in [0.2, 0.25) is 10.0 Å². The van der Waals surface area contributed by atoms with E-state index in [9.17, 15) is 13.2 Å². The average molecular weight is 444 g/mol. The number of carbonyl (C=O) groups excluding carboxylic acids is 1. The molecule has 1 N–H and O–H groups in total. The van der Waals surface area contributed by atoms with Crippen molar-refractivity contribution in [2.45, 2.75) is 24.8 Å². The Balaban J connectivity index is 1.73. The molecule has 164 valence electrons. The molecule has 1 aliphatic rings. The largest absolute Gasteiger partial charge is 0.369 e. The van der Waals surface area contributed by atoms with Crippen molar-refractivity contribution in [2.24, 2.45) is 0 Å². The van der Waals surface area contributed by atoms with Gasteiger partial charge in [0.25, 0.3) is 5.91 Å². The zero-order valence-electron chi connectivity index (χ0n) is 17.9. The van der Waals surface area contributed by atoms with Gasteiger partial charge in [-0.3, -0.25) is 9.89 Å². The highest BCUT2D eigenvalue weighted by Gasteiger charge is 2.35. The fourth-order valence-corrected chi connectivity index (χ4v) is 5.61. The molecule has 1 amide bonds. The number of benzene rings is 1. The molecule has 0 radical (unpaired) electrons. The molecule has 10 heteroatoms. The van der Waals surface area contributed by atoms with Crippen molar-refractivity contribution in [3.8, 4) is 0 Å². The lowest BCUT2D eigenvalue weighted by Crippen LogP contribution is -2.42. The summed E-state index contributed by atoms with van der Waals surface area (Å²) >= 11 is 0. The Morgan fingerprint density at radius 2 is 2.00 bits per heavy atom. The van der Waals surface area contributed by atoms with Crippen molar-refractivity contribution in [1.82, 2.24) is 24.4 Å². The molecule has 1 atom stereocenters. The number of fused-ring (bicyclic) bond motifs is 1. The van der Waals surface area contributed by atoms with Crippen LogP contribution >= 0.6 is 0 Å². The van der Waals surface area contributed by atoms with Crippen LogP contribution < -0.4 is 0 Å². The Labute approximate surface area is 181 Å². The summed E-state index contributed by atoms with van der Waals surface area (Å²) in [4.78, 5) is 19.2. The van der Waals surface area contributed by atoms with Crippen LogP contribution in [0.25, 0.3) is 10.9 Å². The summed E-state index contributed by atoms with van der Waals surface area (Å²) in [6, 6.07) is 9.11. The van der Waals surface area contributed by atoms with Gasteiger partial charge in [-0.1, -0.05) is 18.2 Å². The van der Waals surface area contributed by atoms with E-state index in [1.165, 1.54) is 9.21 Å². The molecule has 4 rings (SSSR count). The highest BCUT2D eigenvalue weighted by atomic mass is 32.2. The van der Waals surface area contributed by atoms with Crippen LogP contribution in [-0.4, -0.2) is 72.5 Å². The quantitative estimate of drug-likeness (QED) is 0.661. The lowest BCUT2D eigenvalue weighted by molar-refractivity contribution is -0.00482. The molecule has 1 fully saturated rings. The Morgan fingerprint density at radius 3 is 2.68 bits per heavy atom. The van der Waals surface area contributed by atoms with Crippen molar-refractivity contribution >= 4 is 26.8 Å². The molecule has 9 nitrogen and oxygen atoms in total. The van der Waals surface area contributed by atoms with Gasteiger partial charge in [0, 0.05) is 32.6 Å². The van der Waals surface area contributed by atoms with Gasteiger partial charge in [-0.15, -0.1) is 0 Å². The number of nitrogens with one attached hydrogen (secondary N) is 1. The van der Waals surface area contributed by atoms with Crippen molar-refractivity contribution in [1.29, 1.82) is 0 Å². The third-order valence-corrected chi connectivity index (χ3v) is 7.52. The number of ether oxygens (including phenoxy) is 1. The van der Waals surface area contributed by atoms with Gasteiger partial charge < -0.3 is 9.64 Å². The molecule has 0 saturated carbocycles. The Morgan fingerprint density at radius 1 is 1.26 bits per heavy atom. The Kier molecular flexibility index (Phi) is 5.54. The summed E-state index contributed by atoms with van der Waals surface area (Å²) in [6.45, 7) is 3.92. The van der Waals surface area contributed by atoms with Crippen LogP contribution in [0.4, 0.5) is 0 Å². The summed E-state index contributed by atoms with van der Waals surface area (Å²) < 4.78 is 33.8. The summed E-state index contributed by atoms with van der Waals surface area (Å²) in [5.74, 6) is -0.148. The second-order valence-corrected chi connectivity index (χ2v) is 9.67. The van der Waals surface area contributed by atoms with Crippen molar-refractivity contribution < 1.29 is 17.9 Å². The van der Waals surface area contributed by atoms with Crippen LogP contribution in [-0.2, 0) is 14.8 Å². The lowest BCUT2D eigenvalue weighted by Gasteiger charge is -2.32. The van der Waals surface area contributed by atoms with Crippen LogP contribution in [0.3, 0.4) is 0 Å². The second kappa shape index (κ2) is 8.03. The minimum Gasteiger partial charge on any atom is -0.369 e. The lowest BCUT2D eigenvalue weighted by atomic mass is 10.0. The van der Waals surface area contributed by atoms with E-state index in [-0.39, 0.29) is 30.5 Å². The number of carbonyl (C=O) groups is 1. The number of sulfonamides is 1. The number of hydrogen-bond donors (Lipinski definition) is 1. The summed E-state index contributed by atoms with van der Waals surface area (Å²) in [7, 11) is -0.361. The van der Waals surface area contributed by atoms with Gasteiger partial charge in [-0.05, 0) is 26.0 Å². The first-order valence-corrected chi connectivity index (χ1v) is 11.4. The number of aromatic amines is 1. The van der Waals surface area contributed by atoms with E-state index in [1.54, 1.807) is 34.0 Å². The monoisotopic (exact) mass is 443 g/mol. The maximum atomic E-state index is 13.3. The third-order valence-electron chi connectivity index (χ3n) is 5.39. The first kappa shape index (κ1) is 21.4. The highest BCUT2D eigenvalue weighted by Crippen LogP contribution is 2.30. The van der Waals surface area contributed by atoms with Gasteiger partial charge in [-0.2, -0.15) is 9.40 Å². The van der Waals surface area contributed by atoms with Crippen LogP contribution in [0.15, 0.2) is 35.2 Å². The predicted octanol–water partition coefficient (Wildman–Crippen LogP) is 2.04. The maximum absolute atomic E-state index is 13.3. The molecule has 1 aromatic carbocycles. The van der Waals surface area contributed by atoms with Gasteiger partial charge in [-0.25, -0.2) is 13.4 Å². The summed E-state index contributed by atoms with van der Waals surface area (Å²) in [5.41, 5.74) is 2.64. The number of pyridine rings is 1. The van der Waals surface area contributed by atoms with E-state index in [0.29, 0.717) is 28.2 Å². The zero-order chi connectivity index (χ0) is 22.3. The number of morpholine rings is 1. The average Bonchev–Trinajstić information content (AvgIpc) is 3.11. The van der Waals surface area contributed by atoms with Crippen LogP contribution in [0.1, 0.15) is 33.5 Å². The molecular formula is C21H25N5O4S. The van der Waals surface area contributed by atoms with Crippen molar-refractivity contribution in [3.05, 3.63) is 53.0 Å². The molecule has 2 aromatic heterocycles. The molecule has 0 spiro atoms. The van der Waals surface area contributed by atoms with E-state index in [2.05, 4.69) is 15.2 Å². The van der Waals surface area contributed by atoms with Gasteiger partial charge in [0.15, 0.2) is 0 Å². The molecule has 0 aliphatic carbocycles. The SMILES string of the molecule is Cc1n[nH]c(C)c1S(=O)(=O)N1CCOC(c2cc(C(=O)N(C)C)c3ccccc3n2)C1. The predicted molar refractivity (Wildman–Crippen MR) is 115 cm³/mol. The normalized spacial score (nSPS) is 17.7. The number of hydrogen-bond acceptors (Lipinski definition) is 6. The number of nitrogens with zero attached hydrogens (tertiary/aromatic N) is 4. The van der Waals surface area contributed by atoms with Gasteiger partial charge in [0.1, 0.15) is 11.0 Å². The summed E-state index contributed by atoms with van der Waals surface area (Å²) in [5, 5.41) is 7.50. The first-order valence-electron chi connectivity index (χ1n) is 9.95. The van der Waals surface area contributed by atoms with Gasteiger partial charge >= 0.3 is 0 Å². The molecule has 3 heterocycles. The third kappa shape index (κ3) is 3.82. The molecule has 0 bridgehead atoms. The standard InChI is InChI=1S/C21H25N5O4S/c1-13-20(14(2)24-23-13)31(28,29)26-9-10-30-19(12-26)18-11-16(21(27)25(3)4)15-7-5-6-8-17(15)22-18/h5-8,11,19H,9-10,12H2,1-4H3,(H,23,24). The fourth-order valence-electron chi connectivity index (χ4n) is 3.85. The molecule has 1 saturated heterocycles. The van der Waals surface area contributed by atoms with E-state index in [0.717, 1.165) is 5.39 Å². The molecule has 1 aliphatic heterocycles. The number of aromatic nitrogens is 3. The van der Waals surface area contributed by atoms with Crippen LogP contribution in [0.5, 0.6) is 0 Å². The number of rotatable bonds is 4. The number of H-pyrrole nitrogens is 1. The van der Waals surface area contributed by atoms with Crippen molar-refractivity contribution in [2.75, 3.05) is 33.8 Å². The first-order chi connectivity index (χ1) is 14.7. The maximum Gasteiger partial charge on any atom is 0.254 e. The Bertz CT molecular complexity index is 1230. The summed E-state index contributed by atoms with van der Waals surface area (Å²) in [6.07, 6.45) is -0.589. The van der Waals surface area contributed by atoms with E-state index in [4.69, 9.17) is 4.74 Å². The molecule has 1 unspecified atom stereocenters. The number of aryl methyl sites for hydroxylation is 2. The fraction of sp³-hybridized carbons (Fsp3) is 0.381. The highest BCUT2D eigenvalue weighted by molar-refractivity contribution is 7.89. The molecule has 31 heavy (non-hydrogen) atoms. The van der Waals surface area contributed by atoms with E-state index < -0.39 is 16.1 Å². The number of amides is 1. The molecule has 3 aromatic rings. The number of para-hydroxylation sites is 1. The zero-order valence-corrected chi connectivity index (χ0v) is 18.7. The topological polar surface area (TPSA) is 108 Å². The minimum atomic E-state index is -3.75. The molecular weight excluding hydrogens is 418 g/mol. The smallest absolute Gasteiger partial charge is 0.254 e.